The molecule has 0 radical (unpaired) electrons. The second kappa shape index (κ2) is 22.8. The van der Waals surface area contributed by atoms with E-state index in [9.17, 15) is 28.0 Å². The van der Waals surface area contributed by atoms with Gasteiger partial charge in [-0.2, -0.15) is 9.97 Å². The zero-order chi connectivity index (χ0) is 44.7. The van der Waals surface area contributed by atoms with E-state index in [-0.39, 0.29) is 34.6 Å². The summed E-state index contributed by atoms with van der Waals surface area (Å²) in [7, 11) is 2.74. The minimum atomic E-state index is -0.672. The number of esters is 2. The van der Waals surface area contributed by atoms with Crippen LogP contribution in [0.3, 0.4) is 0 Å². The molecule has 1 aliphatic rings. The predicted octanol–water partition coefficient (Wildman–Crippen LogP) is 6.82. The molecule has 0 bridgehead atoms. The van der Waals surface area contributed by atoms with Crippen LogP contribution in [0.2, 0.25) is 0 Å². The molecule has 0 amide bonds. The van der Waals surface area contributed by atoms with Crippen LogP contribution in [-0.4, -0.2) is 65.2 Å². The first-order valence-corrected chi connectivity index (χ1v) is 22.1. The maximum absolute atomic E-state index is 13.2. The minimum absolute atomic E-state index is 0.0330. The van der Waals surface area contributed by atoms with Crippen LogP contribution >= 0.6 is 23.5 Å². The molecular weight excluding hydrogens is 851 g/mol. The Morgan fingerprint density at radius 3 is 1.65 bits per heavy atom. The van der Waals surface area contributed by atoms with Gasteiger partial charge in [0.05, 0.1) is 20.1 Å². The number of thioether (sulfide) groups is 2. The van der Waals surface area contributed by atoms with Crippen LogP contribution in [0.4, 0.5) is 8.78 Å². The number of nitrogens with zero attached hydrogens (tertiary/aromatic N) is 8. The Morgan fingerprint density at radius 1 is 0.683 bits per heavy atom. The van der Waals surface area contributed by atoms with Crippen molar-refractivity contribution in [2.45, 2.75) is 79.9 Å². The summed E-state index contributed by atoms with van der Waals surface area (Å²) in [4.78, 5) is 73.9. The van der Waals surface area contributed by atoms with Crippen LogP contribution in [0, 0.1) is 23.5 Å². The third-order valence-corrected chi connectivity index (χ3v) is 12.5. The highest BCUT2D eigenvalue weighted by Crippen LogP contribution is 2.32. The lowest BCUT2D eigenvalue weighted by Gasteiger charge is -2.28. The van der Waals surface area contributed by atoms with E-state index < -0.39 is 12.0 Å². The van der Waals surface area contributed by atoms with Crippen LogP contribution in [0.5, 0.6) is 0 Å². The molecule has 1 unspecified atom stereocenters. The fourth-order valence-electron chi connectivity index (χ4n) is 6.94. The number of aromatic nitrogens is 8. The van der Waals surface area contributed by atoms with E-state index in [2.05, 4.69) is 34.5 Å². The molecule has 1 aliphatic carbocycles. The Hall–Kier alpha value is -6.14. The van der Waals surface area contributed by atoms with Crippen molar-refractivity contribution >= 4 is 35.5 Å². The Labute approximate surface area is 371 Å². The second-order valence-corrected chi connectivity index (χ2v) is 16.8. The van der Waals surface area contributed by atoms with E-state index >= 15 is 0 Å². The first kappa shape index (κ1) is 46.4. The van der Waals surface area contributed by atoms with Gasteiger partial charge in [0.1, 0.15) is 30.3 Å². The van der Waals surface area contributed by atoms with E-state index in [1.165, 1.54) is 74.7 Å². The van der Waals surface area contributed by atoms with Crippen molar-refractivity contribution in [2.75, 3.05) is 14.2 Å². The van der Waals surface area contributed by atoms with Crippen molar-refractivity contribution in [1.82, 2.24) is 39.0 Å². The summed E-state index contributed by atoms with van der Waals surface area (Å²) in [6.07, 6.45) is 17.2. The summed E-state index contributed by atoms with van der Waals surface area (Å²) < 4.78 is 39.8. The number of hydrogen-bond donors (Lipinski definition) is 0. The Balaban J connectivity index is 0.000000213. The summed E-state index contributed by atoms with van der Waals surface area (Å²) in [5.41, 5.74) is 3.78. The maximum Gasteiger partial charge on any atom is 0.328 e. The molecular formula is C45H46F2N8O6S2. The van der Waals surface area contributed by atoms with Crippen molar-refractivity contribution in [3.63, 3.8) is 0 Å². The van der Waals surface area contributed by atoms with Crippen LogP contribution < -0.4 is 11.1 Å². The summed E-state index contributed by atoms with van der Waals surface area (Å²) >= 11 is 2.75. The SMILES string of the molecule is COC(=O)C(C)n1cc(Cc2cncnc2)c(=O)nc1SCc1ccc(F)cc1.COC(=O)C1CCC(Cn2cc(Cc3cncnc3)c(=O)nc2SCc2ccc(F)cc2)CC1. The Morgan fingerprint density at radius 2 is 1.16 bits per heavy atom. The molecule has 2 aromatic carbocycles. The molecule has 4 heterocycles. The monoisotopic (exact) mass is 896 g/mol. The molecule has 14 nitrogen and oxygen atoms in total. The molecule has 0 spiro atoms. The average Bonchev–Trinajstić information content (AvgIpc) is 3.31. The summed E-state index contributed by atoms with van der Waals surface area (Å²) in [6.45, 7) is 2.39. The van der Waals surface area contributed by atoms with Gasteiger partial charge in [0.2, 0.25) is 0 Å². The number of carbonyl (C=O) groups excluding carboxylic acids is 2. The van der Waals surface area contributed by atoms with Crippen LogP contribution in [-0.2, 0) is 50.0 Å². The Bertz CT molecular complexity index is 2560. The molecule has 0 N–H and O–H groups in total. The number of halogens is 2. The standard InChI is InChI=1S/C25H27FN4O3S.C20H19FN4O3S/c1-33-24(32)20-6-2-17(3-7-20)13-30-14-21(10-19-11-27-16-28-12-19)23(31)29-25(30)34-15-18-4-8-22(26)9-5-18;1-13(19(27)28-2)25-10-16(7-15-8-22-12-23-9-15)18(26)24-20(25)29-11-14-3-5-17(21)6-4-14/h4-5,8-9,11-12,14,16-17,20H,2-3,6-7,10,13,15H2,1H3;3-6,8-10,12-13H,7,11H2,1-2H3. The highest BCUT2D eigenvalue weighted by atomic mass is 32.2. The number of ether oxygens (including phenoxy) is 2. The minimum Gasteiger partial charge on any atom is -0.469 e. The van der Waals surface area contributed by atoms with E-state index in [1.807, 2.05) is 6.20 Å². The number of carbonyl (C=O) groups is 2. The lowest BCUT2D eigenvalue weighted by Crippen LogP contribution is -2.27. The molecule has 63 heavy (non-hydrogen) atoms. The molecule has 1 fully saturated rings. The number of benzene rings is 2. The van der Waals surface area contributed by atoms with Gasteiger partial charge in [-0.3, -0.25) is 14.4 Å². The third kappa shape index (κ3) is 13.4. The highest BCUT2D eigenvalue weighted by Gasteiger charge is 2.28. The molecule has 0 saturated heterocycles. The lowest BCUT2D eigenvalue weighted by atomic mass is 9.82. The van der Waals surface area contributed by atoms with Gasteiger partial charge in [0.25, 0.3) is 11.1 Å². The van der Waals surface area contributed by atoms with Crippen molar-refractivity contribution in [2.24, 2.45) is 11.8 Å². The van der Waals surface area contributed by atoms with Crippen LogP contribution in [0.25, 0.3) is 0 Å². The first-order chi connectivity index (χ1) is 30.5. The highest BCUT2D eigenvalue weighted by molar-refractivity contribution is 7.98. The first-order valence-electron chi connectivity index (χ1n) is 20.1. The molecule has 0 aliphatic heterocycles. The number of methoxy groups -OCH3 is 2. The van der Waals surface area contributed by atoms with Gasteiger partial charge < -0.3 is 18.6 Å². The van der Waals surface area contributed by atoms with Gasteiger partial charge in [0.15, 0.2) is 10.3 Å². The van der Waals surface area contributed by atoms with Crippen molar-refractivity contribution in [3.8, 4) is 0 Å². The predicted molar refractivity (Wildman–Crippen MR) is 233 cm³/mol. The van der Waals surface area contributed by atoms with Gasteiger partial charge in [0, 0.05) is 79.2 Å². The molecule has 328 valence electrons. The van der Waals surface area contributed by atoms with Gasteiger partial charge in [-0.25, -0.2) is 33.5 Å². The third-order valence-electron chi connectivity index (χ3n) is 10.4. The van der Waals surface area contributed by atoms with E-state index in [0.29, 0.717) is 58.2 Å². The molecule has 6 aromatic rings. The van der Waals surface area contributed by atoms with Crippen LogP contribution in [0.15, 0.2) is 118 Å². The van der Waals surface area contributed by atoms with Crippen LogP contribution in [0.1, 0.15) is 72.0 Å². The zero-order valence-electron chi connectivity index (χ0n) is 34.9. The van der Waals surface area contributed by atoms with E-state index in [1.54, 1.807) is 66.7 Å². The largest absolute Gasteiger partial charge is 0.469 e. The number of rotatable bonds is 15. The quantitative estimate of drug-likeness (QED) is 0.0597. The maximum atomic E-state index is 13.2. The smallest absolute Gasteiger partial charge is 0.328 e. The lowest BCUT2D eigenvalue weighted by molar-refractivity contribution is -0.147. The zero-order valence-corrected chi connectivity index (χ0v) is 36.6. The Kier molecular flexibility index (Phi) is 16.8. The summed E-state index contributed by atoms with van der Waals surface area (Å²) in [6, 6.07) is 11.7. The fraction of sp³-hybridized carbons (Fsp3) is 0.333. The summed E-state index contributed by atoms with van der Waals surface area (Å²) in [5.74, 6) is 0.209. The van der Waals surface area contributed by atoms with Crippen molar-refractivity contribution in [1.29, 1.82) is 0 Å². The molecule has 1 saturated carbocycles. The molecule has 1 atom stereocenters. The topological polar surface area (TPSA) is 174 Å². The van der Waals surface area contributed by atoms with Gasteiger partial charge >= 0.3 is 11.9 Å². The van der Waals surface area contributed by atoms with E-state index in [4.69, 9.17) is 9.47 Å². The van der Waals surface area contributed by atoms with E-state index in [0.717, 1.165) is 47.9 Å². The van der Waals surface area contributed by atoms with Gasteiger partial charge in [-0.05, 0) is 85.0 Å². The second-order valence-electron chi connectivity index (χ2n) is 14.9. The molecule has 18 heteroatoms. The molecule has 4 aromatic heterocycles. The van der Waals surface area contributed by atoms with Crippen molar-refractivity contribution in [3.05, 3.63) is 164 Å². The fourth-order valence-corrected chi connectivity index (χ4v) is 8.86. The molecule has 7 rings (SSSR count). The van der Waals surface area contributed by atoms with Gasteiger partial charge in [-0.1, -0.05) is 47.8 Å². The average molecular weight is 897 g/mol. The summed E-state index contributed by atoms with van der Waals surface area (Å²) in [5, 5.41) is 1.02. The van der Waals surface area contributed by atoms with Gasteiger partial charge in [-0.15, -0.1) is 0 Å². The number of hydrogen-bond acceptors (Lipinski definition) is 14. The normalized spacial score (nSPS) is 15.1. The van der Waals surface area contributed by atoms with Crippen molar-refractivity contribution < 1.29 is 27.8 Å².